The lowest BCUT2D eigenvalue weighted by Crippen LogP contribution is -2.50. The number of aromatic amines is 1. The average Bonchev–Trinajstić information content (AvgIpc) is 3.02. The van der Waals surface area contributed by atoms with Crippen LogP contribution in [0.25, 0.3) is 10.9 Å². The number of ether oxygens (including phenoxy) is 1. The van der Waals surface area contributed by atoms with Crippen LogP contribution in [0.2, 0.25) is 0 Å². The highest BCUT2D eigenvalue weighted by Gasteiger charge is 2.26. The minimum atomic E-state index is -0.339. The van der Waals surface area contributed by atoms with Gasteiger partial charge in [0.15, 0.2) is 0 Å². The first-order chi connectivity index (χ1) is 10.2. The minimum Gasteiger partial charge on any atom is -0.453 e. The third-order valence-electron chi connectivity index (χ3n) is 3.82. The number of carbonyl (C=O) groups is 2. The Hall–Kier alpha value is -2.50. The van der Waals surface area contributed by atoms with Gasteiger partial charge in [0.1, 0.15) is 0 Å². The number of hydrogen-bond donors (Lipinski definition) is 1. The van der Waals surface area contributed by atoms with Crippen LogP contribution in [-0.4, -0.2) is 60.1 Å². The largest absolute Gasteiger partial charge is 0.453 e. The van der Waals surface area contributed by atoms with Gasteiger partial charge >= 0.3 is 6.09 Å². The SMILES string of the molecule is COC(=O)N1CCN(C(=O)c2cccc3cc[nH]c23)CC1. The van der Waals surface area contributed by atoms with Crippen molar-refractivity contribution in [1.82, 2.24) is 14.8 Å². The first kappa shape index (κ1) is 13.5. The number of piperazine rings is 1. The van der Waals surface area contributed by atoms with E-state index in [9.17, 15) is 9.59 Å². The summed E-state index contributed by atoms with van der Waals surface area (Å²) in [6, 6.07) is 7.63. The maximum absolute atomic E-state index is 12.6. The average molecular weight is 287 g/mol. The van der Waals surface area contributed by atoms with Gasteiger partial charge in [-0.15, -0.1) is 0 Å². The minimum absolute atomic E-state index is 0.00688. The molecule has 1 aliphatic rings. The maximum atomic E-state index is 12.6. The first-order valence-electron chi connectivity index (χ1n) is 6.89. The fourth-order valence-corrected chi connectivity index (χ4v) is 2.65. The zero-order valence-corrected chi connectivity index (χ0v) is 11.8. The van der Waals surface area contributed by atoms with Crippen molar-refractivity contribution in [2.45, 2.75) is 0 Å². The van der Waals surface area contributed by atoms with Gasteiger partial charge < -0.3 is 19.5 Å². The molecule has 0 saturated carbocycles. The highest BCUT2D eigenvalue weighted by Crippen LogP contribution is 2.19. The Kier molecular flexibility index (Phi) is 3.51. The van der Waals surface area contributed by atoms with Crippen LogP contribution in [-0.2, 0) is 4.74 Å². The molecule has 2 heterocycles. The van der Waals surface area contributed by atoms with Crippen molar-refractivity contribution in [2.75, 3.05) is 33.3 Å². The van der Waals surface area contributed by atoms with Gasteiger partial charge in [-0.2, -0.15) is 0 Å². The van der Waals surface area contributed by atoms with Crippen LogP contribution in [0.1, 0.15) is 10.4 Å². The summed E-state index contributed by atoms with van der Waals surface area (Å²) < 4.78 is 4.70. The number of carbonyl (C=O) groups excluding carboxylic acids is 2. The van der Waals surface area contributed by atoms with Crippen LogP contribution >= 0.6 is 0 Å². The zero-order valence-electron chi connectivity index (χ0n) is 11.8. The Balaban J connectivity index is 1.75. The summed E-state index contributed by atoms with van der Waals surface area (Å²) in [6.07, 6.45) is 1.49. The number of nitrogens with zero attached hydrogens (tertiary/aromatic N) is 2. The van der Waals surface area contributed by atoms with Crippen LogP contribution < -0.4 is 0 Å². The Morgan fingerprint density at radius 1 is 1.10 bits per heavy atom. The summed E-state index contributed by atoms with van der Waals surface area (Å²) >= 11 is 0. The van der Waals surface area contributed by atoms with Gasteiger partial charge in [0.2, 0.25) is 0 Å². The molecule has 21 heavy (non-hydrogen) atoms. The summed E-state index contributed by atoms with van der Waals surface area (Å²) in [5.41, 5.74) is 1.53. The molecule has 2 amide bonds. The van der Waals surface area contributed by atoms with Gasteiger partial charge in [0.25, 0.3) is 5.91 Å². The first-order valence-corrected chi connectivity index (χ1v) is 6.89. The van der Waals surface area contributed by atoms with E-state index in [4.69, 9.17) is 4.74 Å². The van der Waals surface area contributed by atoms with Gasteiger partial charge in [-0.05, 0) is 12.1 Å². The maximum Gasteiger partial charge on any atom is 0.409 e. The van der Waals surface area contributed by atoms with Gasteiger partial charge in [0.05, 0.1) is 18.2 Å². The van der Waals surface area contributed by atoms with Gasteiger partial charge in [0, 0.05) is 37.8 Å². The molecule has 1 N–H and O–H groups in total. The highest BCUT2D eigenvalue weighted by atomic mass is 16.5. The van der Waals surface area contributed by atoms with Gasteiger partial charge in [-0.25, -0.2) is 4.79 Å². The Labute approximate surface area is 122 Å². The molecule has 2 aromatic rings. The van der Waals surface area contributed by atoms with Crippen LogP contribution in [0, 0.1) is 0 Å². The Morgan fingerprint density at radius 3 is 2.52 bits per heavy atom. The number of methoxy groups -OCH3 is 1. The second-order valence-electron chi connectivity index (χ2n) is 5.00. The Bertz CT molecular complexity index is 672. The van der Waals surface area contributed by atoms with Crippen LogP contribution in [0.5, 0.6) is 0 Å². The number of para-hydroxylation sites is 1. The summed E-state index contributed by atoms with van der Waals surface area (Å²) in [7, 11) is 1.37. The molecule has 1 saturated heterocycles. The van der Waals surface area contributed by atoms with Crippen molar-refractivity contribution in [1.29, 1.82) is 0 Å². The normalized spacial score (nSPS) is 15.3. The molecular formula is C15H17N3O3. The predicted octanol–water partition coefficient (Wildman–Crippen LogP) is 1.69. The molecule has 3 rings (SSSR count). The summed E-state index contributed by atoms with van der Waals surface area (Å²) in [5, 5.41) is 1.02. The molecule has 0 atom stereocenters. The monoisotopic (exact) mass is 287 g/mol. The lowest BCUT2D eigenvalue weighted by molar-refractivity contribution is 0.0601. The van der Waals surface area contributed by atoms with E-state index in [1.165, 1.54) is 7.11 Å². The van der Waals surface area contributed by atoms with E-state index < -0.39 is 0 Å². The number of aromatic nitrogens is 1. The van der Waals surface area contributed by atoms with E-state index in [1.807, 2.05) is 30.5 Å². The molecule has 0 spiro atoms. The van der Waals surface area contributed by atoms with Crippen molar-refractivity contribution in [3.63, 3.8) is 0 Å². The van der Waals surface area contributed by atoms with E-state index in [0.29, 0.717) is 31.7 Å². The number of amides is 2. The highest BCUT2D eigenvalue weighted by molar-refractivity contribution is 6.05. The number of nitrogens with one attached hydrogen (secondary N) is 1. The van der Waals surface area contributed by atoms with Crippen molar-refractivity contribution in [3.8, 4) is 0 Å². The lowest BCUT2D eigenvalue weighted by Gasteiger charge is -2.33. The van der Waals surface area contributed by atoms with Crippen molar-refractivity contribution < 1.29 is 14.3 Å². The molecule has 0 unspecified atom stereocenters. The zero-order chi connectivity index (χ0) is 14.8. The third kappa shape index (κ3) is 2.44. The van der Waals surface area contributed by atoms with Gasteiger partial charge in [-0.1, -0.05) is 12.1 Å². The quantitative estimate of drug-likeness (QED) is 0.868. The fourth-order valence-electron chi connectivity index (χ4n) is 2.65. The van der Waals surface area contributed by atoms with Crippen molar-refractivity contribution in [3.05, 3.63) is 36.0 Å². The van der Waals surface area contributed by atoms with Crippen molar-refractivity contribution in [2.24, 2.45) is 0 Å². The molecule has 1 aromatic carbocycles. The number of hydrogen-bond acceptors (Lipinski definition) is 3. The molecule has 0 aliphatic carbocycles. The van der Waals surface area contributed by atoms with Gasteiger partial charge in [-0.3, -0.25) is 4.79 Å². The van der Waals surface area contributed by atoms with E-state index in [0.717, 1.165) is 10.9 Å². The van der Waals surface area contributed by atoms with E-state index in [2.05, 4.69) is 4.98 Å². The Morgan fingerprint density at radius 2 is 1.81 bits per heavy atom. The van der Waals surface area contributed by atoms with Crippen LogP contribution in [0.4, 0.5) is 4.79 Å². The molecule has 1 fully saturated rings. The number of H-pyrrole nitrogens is 1. The van der Waals surface area contributed by atoms with Crippen LogP contribution in [0.3, 0.4) is 0 Å². The molecule has 0 bridgehead atoms. The molecule has 0 radical (unpaired) electrons. The third-order valence-corrected chi connectivity index (χ3v) is 3.82. The fraction of sp³-hybridized carbons (Fsp3) is 0.333. The lowest BCUT2D eigenvalue weighted by atomic mass is 10.1. The number of benzene rings is 1. The standard InChI is InChI=1S/C15H17N3O3/c1-21-15(20)18-9-7-17(8-10-18)14(19)12-4-2-3-11-5-6-16-13(11)12/h2-6,16H,7-10H2,1H3. The molecule has 110 valence electrons. The number of fused-ring (bicyclic) bond motifs is 1. The summed E-state index contributed by atoms with van der Waals surface area (Å²) in [6.45, 7) is 2.04. The van der Waals surface area contributed by atoms with Crippen LogP contribution in [0.15, 0.2) is 30.5 Å². The topological polar surface area (TPSA) is 65.6 Å². The van der Waals surface area contributed by atoms with E-state index in [1.54, 1.807) is 9.80 Å². The second-order valence-corrected chi connectivity index (χ2v) is 5.00. The number of rotatable bonds is 1. The molecular weight excluding hydrogens is 270 g/mol. The van der Waals surface area contributed by atoms with E-state index >= 15 is 0 Å². The second kappa shape index (κ2) is 5.47. The summed E-state index contributed by atoms with van der Waals surface area (Å²) in [5.74, 6) is -0.00688. The van der Waals surface area contributed by atoms with Crippen molar-refractivity contribution >= 4 is 22.9 Å². The molecule has 1 aromatic heterocycles. The molecule has 6 heteroatoms. The molecule has 6 nitrogen and oxygen atoms in total. The van der Waals surface area contributed by atoms with E-state index in [-0.39, 0.29) is 12.0 Å². The predicted molar refractivity (Wildman–Crippen MR) is 78.2 cm³/mol. The smallest absolute Gasteiger partial charge is 0.409 e. The molecule has 1 aliphatic heterocycles. The summed E-state index contributed by atoms with van der Waals surface area (Å²) in [4.78, 5) is 30.6.